The number of fused-ring (bicyclic) bond motifs is 1. The van der Waals surface area contributed by atoms with Gasteiger partial charge in [-0.2, -0.15) is 0 Å². The first kappa shape index (κ1) is 17.9. The van der Waals surface area contributed by atoms with Crippen LogP contribution in [0.25, 0.3) is 0 Å². The molecular weight excluding hydrogens is 340 g/mol. The van der Waals surface area contributed by atoms with Gasteiger partial charge in [0.1, 0.15) is 18.1 Å². The summed E-state index contributed by atoms with van der Waals surface area (Å²) in [6.45, 7) is 4.27. The van der Waals surface area contributed by atoms with Crippen molar-refractivity contribution in [2.75, 3.05) is 26.3 Å². The largest absolute Gasteiger partial charge is 0.494 e. The molecule has 5 heteroatoms. The van der Waals surface area contributed by atoms with Crippen molar-refractivity contribution < 1.29 is 14.3 Å². The Bertz CT molecular complexity index is 808. The standard InChI is InChI=1S/C22H26N2O3/c1-2-26-18-8-9-21-16(11-18)10-17(14-27-21)22(25)24-12-19(20(23)13-24)15-6-4-3-5-7-15/h3-9,11,17,19-20H,2,10,12-14,23H2,1H3/t17?,19-,20+/m0/s1. The molecule has 1 fully saturated rings. The van der Waals surface area contributed by atoms with E-state index in [2.05, 4.69) is 12.1 Å². The lowest BCUT2D eigenvalue weighted by atomic mass is 9.94. The highest BCUT2D eigenvalue weighted by Crippen LogP contribution is 2.33. The Kier molecular flexibility index (Phi) is 5.03. The van der Waals surface area contributed by atoms with Gasteiger partial charge >= 0.3 is 0 Å². The average molecular weight is 366 g/mol. The molecule has 2 aromatic carbocycles. The van der Waals surface area contributed by atoms with Gasteiger partial charge in [0.15, 0.2) is 0 Å². The van der Waals surface area contributed by atoms with Gasteiger partial charge < -0.3 is 20.1 Å². The predicted octanol–water partition coefficient (Wildman–Crippen LogP) is 2.59. The fraction of sp³-hybridized carbons (Fsp3) is 0.409. The minimum Gasteiger partial charge on any atom is -0.494 e. The molecule has 0 radical (unpaired) electrons. The Morgan fingerprint density at radius 1 is 1.22 bits per heavy atom. The van der Waals surface area contributed by atoms with E-state index in [0.717, 1.165) is 17.1 Å². The Balaban J connectivity index is 1.45. The van der Waals surface area contributed by atoms with Crippen LogP contribution in [0, 0.1) is 5.92 Å². The Morgan fingerprint density at radius 2 is 2.04 bits per heavy atom. The van der Waals surface area contributed by atoms with Gasteiger partial charge in [-0.15, -0.1) is 0 Å². The second-order valence-corrected chi connectivity index (χ2v) is 7.34. The highest BCUT2D eigenvalue weighted by molar-refractivity contribution is 5.80. The maximum Gasteiger partial charge on any atom is 0.229 e. The van der Waals surface area contributed by atoms with E-state index in [1.807, 2.05) is 48.2 Å². The molecule has 0 bridgehead atoms. The summed E-state index contributed by atoms with van der Waals surface area (Å²) in [6.07, 6.45) is 0.677. The predicted molar refractivity (Wildman–Crippen MR) is 104 cm³/mol. The Morgan fingerprint density at radius 3 is 2.81 bits per heavy atom. The van der Waals surface area contributed by atoms with Crippen molar-refractivity contribution in [2.45, 2.75) is 25.3 Å². The number of amides is 1. The first-order valence-electron chi connectivity index (χ1n) is 9.63. The normalized spacial score (nSPS) is 24.2. The second-order valence-electron chi connectivity index (χ2n) is 7.34. The minimum atomic E-state index is -0.170. The van der Waals surface area contributed by atoms with Crippen LogP contribution in [0.2, 0.25) is 0 Å². The molecule has 2 N–H and O–H groups in total. The van der Waals surface area contributed by atoms with Crippen LogP contribution >= 0.6 is 0 Å². The maximum atomic E-state index is 13.1. The van der Waals surface area contributed by atoms with Gasteiger partial charge in [-0.25, -0.2) is 0 Å². The highest BCUT2D eigenvalue weighted by Gasteiger charge is 2.37. The Hall–Kier alpha value is -2.53. The molecule has 2 aliphatic rings. The third kappa shape index (κ3) is 3.65. The number of carbonyl (C=O) groups is 1. The number of hydrogen-bond acceptors (Lipinski definition) is 4. The molecule has 2 aromatic rings. The zero-order valence-corrected chi connectivity index (χ0v) is 15.6. The fourth-order valence-electron chi connectivity index (χ4n) is 4.11. The second kappa shape index (κ2) is 7.61. The zero-order chi connectivity index (χ0) is 18.8. The number of nitrogens with two attached hydrogens (primary N) is 1. The van der Waals surface area contributed by atoms with Crippen molar-refractivity contribution in [3.63, 3.8) is 0 Å². The first-order valence-corrected chi connectivity index (χ1v) is 9.63. The molecule has 0 aromatic heterocycles. The molecule has 142 valence electrons. The number of ether oxygens (including phenoxy) is 2. The van der Waals surface area contributed by atoms with Gasteiger partial charge in [0.2, 0.25) is 5.91 Å². The molecule has 1 unspecified atom stereocenters. The van der Waals surface area contributed by atoms with Crippen LogP contribution in [-0.4, -0.2) is 43.2 Å². The quantitative estimate of drug-likeness (QED) is 0.903. The van der Waals surface area contributed by atoms with Crippen LogP contribution in [0.15, 0.2) is 48.5 Å². The van der Waals surface area contributed by atoms with Crippen molar-refractivity contribution in [2.24, 2.45) is 11.7 Å². The van der Waals surface area contributed by atoms with E-state index in [4.69, 9.17) is 15.2 Å². The smallest absolute Gasteiger partial charge is 0.229 e. The number of hydrogen-bond donors (Lipinski definition) is 1. The number of nitrogens with zero attached hydrogens (tertiary/aromatic N) is 1. The molecule has 2 heterocycles. The molecule has 5 nitrogen and oxygen atoms in total. The Labute approximate surface area is 160 Å². The van der Waals surface area contributed by atoms with Crippen molar-refractivity contribution in [3.8, 4) is 11.5 Å². The van der Waals surface area contributed by atoms with E-state index in [1.165, 1.54) is 5.56 Å². The zero-order valence-electron chi connectivity index (χ0n) is 15.6. The minimum absolute atomic E-state index is 0.0299. The third-order valence-electron chi connectivity index (χ3n) is 5.50. The van der Waals surface area contributed by atoms with Crippen LogP contribution in [0.4, 0.5) is 0 Å². The maximum absolute atomic E-state index is 13.1. The number of benzene rings is 2. The first-order chi connectivity index (χ1) is 13.2. The summed E-state index contributed by atoms with van der Waals surface area (Å²) >= 11 is 0. The summed E-state index contributed by atoms with van der Waals surface area (Å²) in [4.78, 5) is 15.0. The number of rotatable bonds is 4. The van der Waals surface area contributed by atoms with E-state index in [0.29, 0.717) is 32.7 Å². The van der Waals surface area contributed by atoms with E-state index in [1.54, 1.807) is 0 Å². The lowest BCUT2D eigenvalue weighted by Gasteiger charge is -2.28. The van der Waals surface area contributed by atoms with Gasteiger partial charge in [-0.3, -0.25) is 4.79 Å². The fourth-order valence-corrected chi connectivity index (χ4v) is 4.11. The van der Waals surface area contributed by atoms with Crippen molar-refractivity contribution >= 4 is 5.91 Å². The topological polar surface area (TPSA) is 64.8 Å². The molecular formula is C22H26N2O3. The summed E-state index contributed by atoms with van der Waals surface area (Å²) < 4.78 is 11.4. The number of likely N-dealkylation sites (tertiary alicyclic amines) is 1. The van der Waals surface area contributed by atoms with Gasteiger partial charge in [-0.05, 0) is 42.7 Å². The lowest BCUT2D eigenvalue weighted by Crippen LogP contribution is -2.40. The SMILES string of the molecule is CCOc1ccc2c(c1)CC(C(=O)N1C[C@@H](N)[C@H](c3ccccc3)C1)CO2. The van der Waals surface area contributed by atoms with Crippen LogP contribution in [0.1, 0.15) is 24.0 Å². The monoisotopic (exact) mass is 366 g/mol. The number of carbonyl (C=O) groups excluding carboxylic acids is 1. The molecule has 0 aliphatic carbocycles. The summed E-state index contributed by atoms with van der Waals surface area (Å²) in [5.74, 6) is 1.83. The molecule has 2 aliphatic heterocycles. The molecule has 0 saturated carbocycles. The van der Waals surface area contributed by atoms with Gasteiger partial charge in [0.25, 0.3) is 0 Å². The summed E-state index contributed by atoms with van der Waals surface area (Å²) in [5, 5.41) is 0. The molecule has 1 amide bonds. The molecule has 4 rings (SSSR count). The van der Waals surface area contributed by atoms with Crippen molar-refractivity contribution in [1.29, 1.82) is 0 Å². The third-order valence-corrected chi connectivity index (χ3v) is 5.50. The molecule has 3 atom stereocenters. The van der Waals surface area contributed by atoms with Crippen LogP contribution in [0.5, 0.6) is 11.5 Å². The summed E-state index contributed by atoms with van der Waals surface area (Å²) in [5.41, 5.74) is 8.59. The van der Waals surface area contributed by atoms with E-state index < -0.39 is 0 Å². The van der Waals surface area contributed by atoms with Crippen LogP contribution in [-0.2, 0) is 11.2 Å². The summed E-state index contributed by atoms with van der Waals surface area (Å²) in [7, 11) is 0. The molecule has 1 saturated heterocycles. The van der Waals surface area contributed by atoms with Crippen molar-refractivity contribution in [1.82, 2.24) is 4.90 Å². The van der Waals surface area contributed by atoms with Gasteiger partial charge in [-0.1, -0.05) is 30.3 Å². The van der Waals surface area contributed by atoms with Crippen LogP contribution in [0.3, 0.4) is 0 Å². The van der Waals surface area contributed by atoms with E-state index in [-0.39, 0.29) is 23.8 Å². The molecule has 27 heavy (non-hydrogen) atoms. The average Bonchev–Trinajstić information content (AvgIpc) is 3.09. The highest BCUT2D eigenvalue weighted by atomic mass is 16.5. The lowest BCUT2D eigenvalue weighted by molar-refractivity contribution is -0.135. The van der Waals surface area contributed by atoms with Crippen molar-refractivity contribution in [3.05, 3.63) is 59.7 Å². The van der Waals surface area contributed by atoms with Gasteiger partial charge in [0, 0.05) is 25.0 Å². The van der Waals surface area contributed by atoms with E-state index >= 15 is 0 Å². The van der Waals surface area contributed by atoms with E-state index in [9.17, 15) is 4.79 Å². The van der Waals surface area contributed by atoms with Gasteiger partial charge in [0.05, 0.1) is 12.5 Å². The summed E-state index contributed by atoms with van der Waals surface area (Å²) in [6, 6.07) is 16.0. The molecule has 0 spiro atoms. The van der Waals surface area contributed by atoms with Crippen LogP contribution < -0.4 is 15.2 Å².